The molecule has 0 aliphatic carbocycles. The van der Waals surface area contributed by atoms with Gasteiger partial charge in [0.2, 0.25) is 11.8 Å². The van der Waals surface area contributed by atoms with Gasteiger partial charge in [-0.3, -0.25) is 0 Å². The molecule has 2 heterocycles. The van der Waals surface area contributed by atoms with Crippen molar-refractivity contribution in [2.45, 2.75) is 20.0 Å². The van der Waals surface area contributed by atoms with E-state index >= 15 is 0 Å². The van der Waals surface area contributed by atoms with Crippen LogP contribution in [0.4, 0.5) is 0 Å². The van der Waals surface area contributed by atoms with Crippen LogP contribution in [0.5, 0.6) is 0 Å². The van der Waals surface area contributed by atoms with Crippen LogP contribution in [0.25, 0.3) is 17.1 Å². The fraction of sp³-hybridized carbons (Fsp3) is 0.150. The molecule has 0 fully saturated rings. The van der Waals surface area contributed by atoms with Crippen molar-refractivity contribution >= 4 is 0 Å². The van der Waals surface area contributed by atoms with Gasteiger partial charge in [0.25, 0.3) is 0 Å². The molecule has 6 heteroatoms. The molecular formula is C20H18N4O2. The van der Waals surface area contributed by atoms with E-state index < -0.39 is 6.10 Å². The first kappa shape index (κ1) is 16.2. The molecule has 0 saturated carbocycles. The summed E-state index contributed by atoms with van der Waals surface area (Å²) in [7, 11) is 0. The van der Waals surface area contributed by atoms with Gasteiger partial charge in [-0.2, -0.15) is 5.10 Å². The summed E-state index contributed by atoms with van der Waals surface area (Å²) in [6.45, 7) is 3.78. The average Bonchev–Trinajstić information content (AvgIpc) is 3.28. The fourth-order valence-electron chi connectivity index (χ4n) is 3.04. The minimum absolute atomic E-state index is 0.155. The number of nitrogens with zero attached hydrogens (tertiary/aromatic N) is 4. The monoisotopic (exact) mass is 346 g/mol. The number of benzene rings is 2. The van der Waals surface area contributed by atoms with E-state index in [1.165, 1.54) is 0 Å². The SMILES string of the molecule is Cc1nn(-c2ccccc2)c(C)c1[C@@H](O)c1nnc(-c2ccccc2)o1. The molecule has 0 saturated heterocycles. The maximum absolute atomic E-state index is 10.8. The van der Waals surface area contributed by atoms with E-state index in [1.54, 1.807) is 0 Å². The summed E-state index contributed by atoms with van der Waals surface area (Å²) in [6.07, 6.45) is -1.03. The van der Waals surface area contributed by atoms with Gasteiger partial charge in [-0.1, -0.05) is 36.4 Å². The number of hydrogen-bond donors (Lipinski definition) is 1. The first-order chi connectivity index (χ1) is 12.6. The molecule has 1 N–H and O–H groups in total. The Bertz CT molecular complexity index is 1020. The molecule has 2 aromatic carbocycles. The van der Waals surface area contributed by atoms with Gasteiger partial charge in [0.1, 0.15) is 0 Å². The first-order valence-electron chi connectivity index (χ1n) is 8.33. The zero-order chi connectivity index (χ0) is 18.1. The molecule has 0 aliphatic rings. The Hall–Kier alpha value is -3.25. The molecule has 0 unspecified atom stereocenters. The van der Waals surface area contributed by atoms with Crippen molar-refractivity contribution in [1.82, 2.24) is 20.0 Å². The van der Waals surface area contributed by atoms with Crippen LogP contribution in [-0.4, -0.2) is 25.1 Å². The Balaban J connectivity index is 1.70. The van der Waals surface area contributed by atoms with E-state index in [2.05, 4.69) is 15.3 Å². The Morgan fingerprint density at radius 3 is 2.27 bits per heavy atom. The van der Waals surface area contributed by atoms with Crippen LogP contribution in [0, 0.1) is 13.8 Å². The van der Waals surface area contributed by atoms with Gasteiger partial charge in [-0.15, -0.1) is 10.2 Å². The zero-order valence-electron chi connectivity index (χ0n) is 14.5. The molecule has 2 aromatic heterocycles. The quantitative estimate of drug-likeness (QED) is 0.611. The molecule has 6 nitrogen and oxygen atoms in total. The first-order valence-corrected chi connectivity index (χ1v) is 8.33. The second kappa shape index (κ2) is 6.57. The van der Waals surface area contributed by atoms with Crippen molar-refractivity contribution in [1.29, 1.82) is 0 Å². The van der Waals surface area contributed by atoms with Gasteiger partial charge in [-0.05, 0) is 38.1 Å². The minimum atomic E-state index is -1.03. The third-order valence-electron chi connectivity index (χ3n) is 4.32. The number of rotatable bonds is 4. The van der Waals surface area contributed by atoms with Crippen molar-refractivity contribution in [3.05, 3.63) is 83.5 Å². The number of aromatic nitrogens is 4. The van der Waals surface area contributed by atoms with Gasteiger partial charge in [0.05, 0.1) is 11.4 Å². The van der Waals surface area contributed by atoms with Crippen LogP contribution in [0.1, 0.15) is 28.9 Å². The number of aryl methyl sites for hydroxylation is 1. The molecule has 0 bridgehead atoms. The predicted molar refractivity (Wildman–Crippen MR) is 96.8 cm³/mol. The second-order valence-electron chi connectivity index (χ2n) is 6.05. The molecule has 4 rings (SSSR count). The van der Waals surface area contributed by atoms with Crippen molar-refractivity contribution in [2.75, 3.05) is 0 Å². The summed E-state index contributed by atoms with van der Waals surface area (Å²) >= 11 is 0. The molecule has 4 aromatic rings. The van der Waals surface area contributed by atoms with E-state index in [1.807, 2.05) is 79.2 Å². The molecule has 0 radical (unpaired) electrons. The highest BCUT2D eigenvalue weighted by Gasteiger charge is 2.26. The highest BCUT2D eigenvalue weighted by molar-refractivity contribution is 5.52. The van der Waals surface area contributed by atoms with Crippen LogP contribution in [-0.2, 0) is 0 Å². The largest absolute Gasteiger partial charge is 0.417 e. The third kappa shape index (κ3) is 2.80. The van der Waals surface area contributed by atoms with Crippen molar-refractivity contribution in [2.24, 2.45) is 0 Å². The average molecular weight is 346 g/mol. The lowest BCUT2D eigenvalue weighted by Gasteiger charge is -2.08. The highest BCUT2D eigenvalue weighted by atomic mass is 16.4. The molecule has 130 valence electrons. The van der Waals surface area contributed by atoms with Gasteiger partial charge in [-0.25, -0.2) is 4.68 Å². The maximum atomic E-state index is 10.8. The Labute approximate surface area is 150 Å². The lowest BCUT2D eigenvalue weighted by Crippen LogP contribution is -2.04. The fourth-order valence-corrected chi connectivity index (χ4v) is 3.04. The standard InChI is InChI=1S/C20H18N4O2/c1-13-17(14(2)24(23-13)16-11-7-4-8-12-16)18(25)20-22-21-19(26-20)15-9-5-3-6-10-15/h3-12,18,25H,1-2H3/t18-/m1/s1. The minimum Gasteiger partial charge on any atom is -0.417 e. The predicted octanol–water partition coefficient (Wildman–Crippen LogP) is 3.62. The van der Waals surface area contributed by atoms with Crippen LogP contribution < -0.4 is 0 Å². The number of aliphatic hydroxyl groups excluding tert-OH is 1. The molecule has 26 heavy (non-hydrogen) atoms. The summed E-state index contributed by atoms with van der Waals surface area (Å²) in [5.74, 6) is 0.535. The van der Waals surface area contributed by atoms with Crippen LogP contribution in [0.3, 0.4) is 0 Å². The summed E-state index contributed by atoms with van der Waals surface area (Å²) in [6, 6.07) is 19.3. The number of aliphatic hydroxyl groups is 1. The zero-order valence-corrected chi connectivity index (χ0v) is 14.5. The van der Waals surface area contributed by atoms with Gasteiger partial charge >= 0.3 is 0 Å². The molecule has 0 amide bonds. The van der Waals surface area contributed by atoms with Gasteiger partial charge in [0, 0.05) is 16.8 Å². The molecule has 1 atom stereocenters. The van der Waals surface area contributed by atoms with E-state index in [4.69, 9.17) is 4.42 Å². The normalized spacial score (nSPS) is 12.3. The van der Waals surface area contributed by atoms with E-state index in [0.717, 1.165) is 22.6 Å². The van der Waals surface area contributed by atoms with Crippen molar-refractivity contribution in [3.63, 3.8) is 0 Å². The summed E-state index contributed by atoms with van der Waals surface area (Å²) in [5, 5.41) is 23.5. The van der Waals surface area contributed by atoms with E-state index in [9.17, 15) is 5.11 Å². The van der Waals surface area contributed by atoms with Gasteiger partial charge in [0.15, 0.2) is 6.10 Å². The summed E-state index contributed by atoms with van der Waals surface area (Å²) < 4.78 is 7.51. The van der Waals surface area contributed by atoms with Crippen molar-refractivity contribution < 1.29 is 9.52 Å². The van der Waals surface area contributed by atoms with Crippen LogP contribution in [0.15, 0.2) is 65.1 Å². The Morgan fingerprint density at radius 1 is 0.923 bits per heavy atom. The summed E-state index contributed by atoms with van der Waals surface area (Å²) in [5.41, 5.74) is 3.98. The summed E-state index contributed by atoms with van der Waals surface area (Å²) in [4.78, 5) is 0. The van der Waals surface area contributed by atoms with E-state index in [-0.39, 0.29) is 5.89 Å². The molecular weight excluding hydrogens is 328 g/mol. The Kier molecular flexibility index (Phi) is 4.10. The number of hydrogen-bond acceptors (Lipinski definition) is 5. The smallest absolute Gasteiger partial charge is 0.250 e. The Morgan fingerprint density at radius 2 is 1.58 bits per heavy atom. The van der Waals surface area contributed by atoms with Crippen LogP contribution >= 0.6 is 0 Å². The van der Waals surface area contributed by atoms with E-state index in [0.29, 0.717) is 11.5 Å². The lowest BCUT2D eigenvalue weighted by molar-refractivity contribution is 0.182. The second-order valence-corrected chi connectivity index (χ2v) is 6.05. The molecule has 0 aliphatic heterocycles. The van der Waals surface area contributed by atoms with Crippen molar-refractivity contribution in [3.8, 4) is 17.1 Å². The topological polar surface area (TPSA) is 77.0 Å². The molecule has 0 spiro atoms. The maximum Gasteiger partial charge on any atom is 0.250 e. The highest BCUT2D eigenvalue weighted by Crippen LogP contribution is 2.30. The lowest BCUT2D eigenvalue weighted by atomic mass is 10.1. The number of para-hydroxylation sites is 1. The third-order valence-corrected chi connectivity index (χ3v) is 4.32. The van der Waals surface area contributed by atoms with Gasteiger partial charge < -0.3 is 9.52 Å². The van der Waals surface area contributed by atoms with Crippen LogP contribution in [0.2, 0.25) is 0 Å².